The summed E-state index contributed by atoms with van der Waals surface area (Å²) in [6, 6.07) is 10.1. The summed E-state index contributed by atoms with van der Waals surface area (Å²) in [5, 5.41) is 11.9. The van der Waals surface area contributed by atoms with E-state index in [0.717, 1.165) is 29.9 Å². The molecule has 6 N–H and O–H groups in total. The number of nitrogens with one attached hydrogen (secondary N) is 4. The summed E-state index contributed by atoms with van der Waals surface area (Å²) < 4.78 is 58.9. The van der Waals surface area contributed by atoms with Crippen LogP contribution in [0.4, 0.5) is 30.4 Å². The standard InChI is InChI=1S/C44H49F3N8O8/c1-23(25-16-26(44(45,46)47)18-27(48)17-25)51-38-29-19-34(33(61-4)20-31(29)52-24(2)53-38)63-22-43(12-13-43)21-35(40(58)49-3)62-15-6-5-14-50-30-9-7-8-28-37(30)42(60)55(41(28)59)32-10-11-36(56)54-39(32)57/h7-9,16-20,23,32,35,50H,5-6,10-15,21-22,48H2,1-4H3,(H,49,58)(H,51,52,53)(H,54,56,57). The summed E-state index contributed by atoms with van der Waals surface area (Å²) in [4.78, 5) is 73.8. The van der Waals surface area contributed by atoms with Crippen molar-refractivity contribution in [3.63, 3.8) is 0 Å². The molecule has 5 amide bonds. The number of nitrogens with zero attached hydrogens (tertiary/aromatic N) is 3. The number of alkyl halides is 3. The number of hydrogen-bond acceptors (Lipinski definition) is 13. The Morgan fingerprint density at radius 3 is 2.52 bits per heavy atom. The van der Waals surface area contributed by atoms with Gasteiger partial charge in [-0.3, -0.25) is 34.2 Å². The molecule has 3 unspecified atom stereocenters. The Balaban J connectivity index is 0.954. The second-order valence-corrected chi connectivity index (χ2v) is 16.2. The number of fused-ring (bicyclic) bond motifs is 2. The van der Waals surface area contributed by atoms with E-state index in [9.17, 15) is 37.1 Å². The number of nitrogens with two attached hydrogens (primary N) is 1. The normalized spacial score (nSPS) is 17.8. The average Bonchev–Trinajstić information content (AvgIpc) is 3.96. The lowest BCUT2D eigenvalue weighted by Gasteiger charge is -2.27. The van der Waals surface area contributed by atoms with Crippen LogP contribution in [0.5, 0.6) is 11.5 Å². The summed E-state index contributed by atoms with van der Waals surface area (Å²) in [5.74, 6) is -0.956. The molecule has 63 heavy (non-hydrogen) atoms. The predicted octanol–water partition coefficient (Wildman–Crippen LogP) is 5.69. The lowest BCUT2D eigenvalue weighted by molar-refractivity contribution is -0.138. The number of nitrogen functional groups attached to an aromatic ring is 1. The molecule has 1 saturated carbocycles. The number of likely N-dealkylation sites (N-methyl/N-ethyl adjacent to an activating group) is 1. The Bertz CT molecular complexity index is 2460. The van der Waals surface area contributed by atoms with Crippen molar-refractivity contribution in [1.29, 1.82) is 0 Å². The second-order valence-electron chi connectivity index (χ2n) is 16.2. The molecule has 1 saturated heterocycles. The third-order valence-corrected chi connectivity index (χ3v) is 11.6. The van der Waals surface area contributed by atoms with Gasteiger partial charge >= 0.3 is 6.18 Å². The number of carbonyl (C=O) groups is 5. The van der Waals surface area contributed by atoms with Crippen molar-refractivity contribution < 1.29 is 51.4 Å². The molecule has 3 aliphatic rings. The summed E-state index contributed by atoms with van der Waals surface area (Å²) in [6.07, 6.45) is -2.09. The topological polar surface area (TPSA) is 216 Å². The number of rotatable bonds is 18. The van der Waals surface area contributed by atoms with Gasteiger partial charge in [0.25, 0.3) is 11.8 Å². The van der Waals surface area contributed by atoms with Crippen molar-refractivity contribution in [1.82, 2.24) is 25.5 Å². The van der Waals surface area contributed by atoms with Crippen molar-refractivity contribution >= 4 is 57.6 Å². The van der Waals surface area contributed by atoms with Gasteiger partial charge < -0.3 is 35.9 Å². The number of halogens is 3. The van der Waals surface area contributed by atoms with Gasteiger partial charge in [-0.2, -0.15) is 13.2 Å². The van der Waals surface area contributed by atoms with E-state index in [1.54, 1.807) is 45.2 Å². The molecular weight excluding hydrogens is 826 g/mol. The lowest BCUT2D eigenvalue weighted by Crippen LogP contribution is -2.54. The zero-order valence-electron chi connectivity index (χ0n) is 35.2. The number of unbranched alkanes of at least 4 members (excludes halogenated alkanes) is 1. The van der Waals surface area contributed by atoms with Crippen LogP contribution >= 0.6 is 0 Å². The number of piperidine rings is 1. The molecule has 7 rings (SSSR count). The second kappa shape index (κ2) is 18.1. The predicted molar refractivity (Wildman–Crippen MR) is 225 cm³/mol. The Morgan fingerprint density at radius 2 is 1.83 bits per heavy atom. The minimum atomic E-state index is -4.57. The summed E-state index contributed by atoms with van der Waals surface area (Å²) in [6.45, 7) is 4.35. The number of benzene rings is 3. The highest BCUT2D eigenvalue weighted by molar-refractivity contribution is 6.25. The number of hydrogen-bond donors (Lipinski definition) is 5. The number of amides is 5. The Hall–Kier alpha value is -6.50. The van der Waals surface area contributed by atoms with Crippen molar-refractivity contribution in [2.75, 3.05) is 50.3 Å². The van der Waals surface area contributed by atoms with Gasteiger partial charge in [0.15, 0.2) is 11.5 Å². The van der Waals surface area contributed by atoms with Crippen LogP contribution in [-0.2, 0) is 25.3 Å². The fourth-order valence-electron chi connectivity index (χ4n) is 7.95. The lowest BCUT2D eigenvalue weighted by atomic mass is 9.98. The average molecular weight is 875 g/mol. The molecule has 2 fully saturated rings. The van der Waals surface area contributed by atoms with Gasteiger partial charge in [0, 0.05) is 54.9 Å². The molecule has 0 bridgehead atoms. The first-order chi connectivity index (χ1) is 30.0. The number of methoxy groups -OCH3 is 1. The molecule has 0 radical (unpaired) electrons. The Morgan fingerprint density at radius 1 is 1.05 bits per heavy atom. The number of aryl methyl sites for hydroxylation is 1. The molecule has 4 aromatic rings. The van der Waals surface area contributed by atoms with Gasteiger partial charge in [0.05, 0.1) is 42.0 Å². The smallest absolute Gasteiger partial charge is 0.416 e. The van der Waals surface area contributed by atoms with Crippen LogP contribution in [0.1, 0.15) is 95.6 Å². The molecule has 1 aliphatic carbocycles. The maximum Gasteiger partial charge on any atom is 0.416 e. The zero-order chi connectivity index (χ0) is 45.2. The zero-order valence-corrected chi connectivity index (χ0v) is 35.2. The van der Waals surface area contributed by atoms with E-state index >= 15 is 0 Å². The quantitative estimate of drug-likeness (QED) is 0.0462. The van der Waals surface area contributed by atoms with Crippen molar-refractivity contribution in [2.24, 2.45) is 5.41 Å². The number of anilines is 3. The first kappa shape index (κ1) is 44.6. The van der Waals surface area contributed by atoms with Crippen LogP contribution in [0.25, 0.3) is 10.9 Å². The molecule has 16 nitrogen and oxygen atoms in total. The summed E-state index contributed by atoms with van der Waals surface area (Å²) in [5.41, 5.74) is 6.28. The van der Waals surface area contributed by atoms with Crippen LogP contribution in [-0.4, -0.2) is 90.5 Å². The molecule has 1 aromatic heterocycles. The van der Waals surface area contributed by atoms with E-state index < -0.39 is 53.6 Å². The fourth-order valence-corrected chi connectivity index (χ4v) is 7.95. The molecular formula is C44H49F3N8O8. The van der Waals surface area contributed by atoms with E-state index in [0.29, 0.717) is 71.1 Å². The first-order valence-electron chi connectivity index (χ1n) is 20.7. The SMILES string of the molecule is CNC(=O)C(CC1(COc2cc3c(NC(C)c4cc(N)cc(C(F)(F)F)c4)nc(C)nc3cc2OC)CC1)OCCCCNc1cccc2c1C(=O)N(C1CCC(=O)NC1=O)C2=O. The van der Waals surface area contributed by atoms with Crippen LogP contribution in [0.15, 0.2) is 48.5 Å². The van der Waals surface area contributed by atoms with Crippen LogP contribution in [0.3, 0.4) is 0 Å². The minimum Gasteiger partial charge on any atom is -0.493 e. The summed E-state index contributed by atoms with van der Waals surface area (Å²) in [7, 11) is 3.05. The van der Waals surface area contributed by atoms with E-state index in [2.05, 4.69) is 31.2 Å². The van der Waals surface area contributed by atoms with E-state index in [4.69, 9.17) is 19.9 Å². The first-order valence-corrected chi connectivity index (χ1v) is 20.7. The molecule has 3 atom stereocenters. The van der Waals surface area contributed by atoms with E-state index in [1.165, 1.54) is 19.2 Å². The Labute approximate surface area is 360 Å². The van der Waals surface area contributed by atoms with Gasteiger partial charge in [-0.15, -0.1) is 0 Å². The molecule has 2 aliphatic heterocycles. The highest BCUT2D eigenvalue weighted by atomic mass is 19.4. The highest BCUT2D eigenvalue weighted by Gasteiger charge is 2.47. The van der Waals surface area contributed by atoms with E-state index in [1.807, 2.05) is 0 Å². The molecule has 0 spiro atoms. The fraction of sp³-hybridized carbons (Fsp3) is 0.432. The molecule has 3 aromatic carbocycles. The maximum absolute atomic E-state index is 13.6. The monoisotopic (exact) mass is 874 g/mol. The van der Waals surface area contributed by atoms with Crippen LogP contribution in [0.2, 0.25) is 0 Å². The number of aromatic nitrogens is 2. The maximum atomic E-state index is 13.6. The third kappa shape index (κ3) is 9.77. The number of imide groups is 2. The van der Waals surface area contributed by atoms with Crippen LogP contribution < -0.4 is 36.5 Å². The van der Waals surface area contributed by atoms with Crippen molar-refractivity contribution in [2.45, 2.75) is 83.2 Å². The Kier molecular flexibility index (Phi) is 12.8. The van der Waals surface area contributed by atoms with Crippen LogP contribution in [0, 0.1) is 12.3 Å². The van der Waals surface area contributed by atoms with Gasteiger partial charge in [0.1, 0.15) is 23.8 Å². The third-order valence-electron chi connectivity index (χ3n) is 11.6. The highest BCUT2D eigenvalue weighted by Crippen LogP contribution is 2.51. The molecule has 19 heteroatoms. The van der Waals surface area contributed by atoms with Gasteiger partial charge in [-0.1, -0.05) is 6.07 Å². The van der Waals surface area contributed by atoms with Gasteiger partial charge in [0.2, 0.25) is 17.7 Å². The minimum absolute atomic E-state index is 0.0153. The van der Waals surface area contributed by atoms with E-state index in [-0.39, 0.29) is 54.2 Å². The van der Waals surface area contributed by atoms with Crippen molar-refractivity contribution in [3.05, 3.63) is 76.6 Å². The number of carbonyl (C=O) groups excluding carboxylic acids is 5. The van der Waals surface area contributed by atoms with Gasteiger partial charge in [-0.25, -0.2) is 9.97 Å². The largest absolute Gasteiger partial charge is 0.493 e. The number of ether oxygens (including phenoxy) is 3. The molecule has 3 heterocycles. The summed E-state index contributed by atoms with van der Waals surface area (Å²) >= 11 is 0. The van der Waals surface area contributed by atoms with Gasteiger partial charge in [-0.05, 0) is 94.3 Å². The van der Waals surface area contributed by atoms with Crippen molar-refractivity contribution in [3.8, 4) is 11.5 Å². The molecule has 334 valence electrons.